The fraction of sp³-hybridized carbons (Fsp3) is 0.294. The maximum Gasteiger partial charge on any atom is 0.196 e. The fourth-order valence-electron chi connectivity index (χ4n) is 2.75. The average Bonchev–Trinajstić information content (AvgIpc) is 3.41. The smallest absolute Gasteiger partial charge is 0.196 e. The van der Waals surface area contributed by atoms with Crippen molar-refractivity contribution < 1.29 is 21.6 Å². The van der Waals surface area contributed by atoms with Gasteiger partial charge in [-0.25, -0.2) is 16.8 Å². The van der Waals surface area contributed by atoms with Crippen LogP contribution in [0.4, 0.5) is 0 Å². The van der Waals surface area contributed by atoms with Gasteiger partial charge in [0.2, 0.25) is 0 Å². The van der Waals surface area contributed by atoms with E-state index in [9.17, 15) is 16.8 Å². The first-order chi connectivity index (χ1) is 11.3. The van der Waals surface area contributed by atoms with Crippen molar-refractivity contribution in [2.24, 2.45) is 5.92 Å². The molecule has 1 saturated heterocycles. The number of hydrogen-bond acceptors (Lipinski definition) is 5. The van der Waals surface area contributed by atoms with Crippen LogP contribution in [-0.4, -0.2) is 34.1 Å². The van der Waals surface area contributed by atoms with Gasteiger partial charge in [0, 0.05) is 5.92 Å². The number of hydrogen-bond donors (Lipinski definition) is 0. The maximum absolute atomic E-state index is 13.1. The van der Waals surface area contributed by atoms with Gasteiger partial charge in [0.05, 0.1) is 22.5 Å². The van der Waals surface area contributed by atoms with E-state index in [1.807, 2.05) is 0 Å². The van der Waals surface area contributed by atoms with Gasteiger partial charge in [-0.1, -0.05) is 43.3 Å². The Morgan fingerprint density at radius 3 is 1.54 bits per heavy atom. The molecule has 2 aromatic rings. The van der Waals surface area contributed by atoms with Crippen molar-refractivity contribution in [3.63, 3.8) is 0 Å². The second-order valence-corrected chi connectivity index (χ2v) is 10.3. The third-order valence-corrected chi connectivity index (χ3v) is 9.59. The Kier molecular flexibility index (Phi) is 4.50. The summed E-state index contributed by atoms with van der Waals surface area (Å²) < 4.78 is 56.0. The molecule has 1 fully saturated rings. The SMILES string of the molecule is CC(C1CO1)C(S(=O)(=O)c1ccccc1)S(=O)(=O)c1ccccc1. The quantitative estimate of drug-likeness (QED) is 0.733. The molecule has 0 saturated carbocycles. The van der Waals surface area contributed by atoms with Gasteiger partial charge in [-0.15, -0.1) is 0 Å². The second kappa shape index (κ2) is 6.31. The van der Waals surface area contributed by atoms with Crippen LogP contribution in [0.3, 0.4) is 0 Å². The van der Waals surface area contributed by atoms with E-state index in [-0.39, 0.29) is 15.9 Å². The number of sulfone groups is 2. The Hall–Kier alpha value is -1.70. The zero-order valence-electron chi connectivity index (χ0n) is 13.1. The van der Waals surface area contributed by atoms with Crippen molar-refractivity contribution in [1.29, 1.82) is 0 Å². The average molecular weight is 366 g/mol. The summed E-state index contributed by atoms with van der Waals surface area (Å²) in [6.45, 7) is 2.00. The first-order valence-corrected chi connectivity index (χ1v) is 10.6. The van der Waals surface area contributed by atoms with Crippen molar-refractivity contribution in [3.8, 4) is 0 Å². The minimum absolute atomic E-state index is 0.00186. The molecule has 0 N–H and O–H groups in total. The summed E-state index contributed by atoms with van der Waals surface area (Å²) in [5.74, 6) is -0.666. The normalized spacial score (nSPS) is 19.2. The van der Waals surface area contributed by atoms with Gasteiger partial charge in [0.25, 0.3) is 0 Å². The zero-order valence-corrected chi connectivity index (χ0v) is 14.7. The molecule has 0 bridgehead atoms. The van der Waals surface area contributed by atoms with E-state index in [0.717, 1.165) is 0 Å². The van der Waals surface area contributed by atoms with Crippen molar-refractivity contribution in [3.05, 3.63) is 60.7 Å². The predicted molar refractivity (Wildman–Crippen MR) is 89.9 cm³/mol. The standard InChI is InChI=1S/C17H18O5S2/c1-13(16-12-22-16)17(23(18,19)14-8-4-2-5-9-14)24(20,21)15-10-6-3-7-11-15/h2-11,13,16-17H,12H2,1H3. The molecule has 24 heavy (non-hydrogen) atoms. The molecule has 2 atom stereocenters. The summed E-state index contributed by atoms with van der Waals surface area (Å²) in [4.78, 5) is 0.00372. The minimum Gasteiger partial charge on any atom is -0.373 e. The first-order valence-electron chi connectivity index (χ1n) is 7.54. The molecule has 0 amide bonds. The molecular weight excluding hydrogens is 348 g/mol. The Labute approximate surface area is 142 Å². The van der Waals surface area contributed by atoms with Gasteiger partial charge in [0.15, 0.2) is 24.3 Å². The highest BCUT2D eigenvalue weighted by Gasteiger charge is 2.49. The Bertz CT molecular complexity index is 832. The van der Waals surface area contributed by atoms with E-state index < -0.39 is 30.2 Å². The molecule has 0 aromatic heterocycles. The largest absolute Gasteiger partial charge is 0.373 e. The third kappa shape index (κ3) is 3.11. The molecule has 0 spiro atoms. The summed E-state index contributed by atoms with van der Waals surface area (Å²) in [6.07, 6.45) is -0.355. The van der Waals surface area contributed by atoms with Crippen LogP contribution < -0.4 is 0 Å². The number of epoxide rings is 1. The van der Waals surface area contributed by atoms with Gasteiger partial charge in [-0.05, 0) is 24.3 Å². The lowest BCUT2D eigenvalue weighted by Gasteiger charge is -2.23. The highest BCUT2D eigenvalue weighted by Crippen LogP contribution is 2.36. The topological polar surface area (TPSA) is 80.8 Å². The Morgan fingerprint density at radius 2 is 1.21 bits per heavy atom. The molecule has 0 radical (unpaired) electrons. The van der Waals surface area contributed by atoms with Gasteiger partial charge in [-0.2, -0.15) is 0 Å². The van der Waals surface area contributed by atoms with Gasteiger partial charge in [-0.3, -0.25) is 0 Å². The monoisotopic (exact) mass is 366 g/mol. The molecular formula is C17H18O5S2. The lowest BCUT2D eigenvalue weighted by Crippen LogP contribution is -2.38. The van der Waals surface area contributed by atoms with Crippen LogP contribution in [0.2, 0.25) is 0 Å². The Balaban J connectivity index is 2.15. The van der Waals surface area contributed by atoms with Crippen LogP contribution in [-0.2, 0) is 24.4 Å². The lowest BCUT2D eigenvalue weighted by molar-refractivity contribution is 0.347. The van der Waals surface area contributed by atoms with Crippen LogP contribution in [0.1, 0.15) is 6.92 Å². The zero-order chi connectivity index (χ0) is 17.4. The summed E-state index contributed by atoms with van der Waals surface area (Å²) in [7, 11) is -8.16. The van der Waals surface area contributed by atoms with Crippen LogP contribution in [0, 0.1) is 5.92 Å². The molecule has 5 nitrogen and oxygen atoms in total. The highest BCUT2D eigenvalue weighted by molar-refractivity contribution is 8.09. The van der Waals surface area contributed by atoms with Gasteiger partial charge < -0.3 is 4.74 Å². The van der Waals surface area contributed by atoms with Crippen LogP contribution in [0.5, 0.6) is 0 Å². The Morgan fingerprint density at radius 1 is 0.833 bits per heavy atom. The number of rotatable bonds is 6. The van der Waals surface area contributed by atoms with E-state index >= 15 is 0 Å². The molecule has 128 valence electrons. The van der Waals surface area contributed by atoms with Gasteiger partial charge >= 0.3 is 0 Å². The second-order valence-electron chi connectivity index (χ2n) is 5.82. The number of ether oxygens (including phenoxy) is 1. The maximum atomic E-state index is 13.1. The fourth-order valence-corrected chi connectivity index (χ4v) is 7.85. The molecule has 1 aliphatic heterocycles. The first kappa shape index (κ1) is 17.1. The third-order valence-electron chi connectivity index (χ3n) is 4.13. The van der Waals surface area contributed by atoms with E-state index in [0.29, 0.717) is 6.61 Å². The number of benzene rings is 2. The van der Waals surface area contributed by atoms with Crippen molar-refractivity contribution in [2.75, 3.05) is 6.61 Å². The lowest BCUT2D eigenvalue weighted by atomic mass is 10.1. The van der Waals surface area contributed by atoms with E-state index in [1.165, 1.54) is 24.3 Å². The molecule has 2 unspecified atom stereocenters. The minimum atomic E-state index is -4.08. The van der Waals surface area contributed by atoms with E-state index in [4.69, 9.17) is 4.74 Å². The van der Waals surface area contributed by atoms with Crippen molar-refractivity contribution >= 4 is 19.7 Å². The summed E-state index contributed by atoms with van der Waals surface area (Å²) in [5.41, 5.74) is 0. The summed E-state index contributed by atoms with van der Waals surface area (Å²) >= 11 is 0. The summed E-state index contributed by atoms with van der Waals surface area (Å²) in [6, 6.07) is 15.4. The van der Waals surface area contributed by atoms with E-state index in [1.54, 1.807) is 43.3 Å². The van der Waals surface area contributed by atoms with Crippen LogP contribution in [0.15, 0.2) is 70.5 Å². The van der Waals surface area contributed by atoms with Crippen LogP contribution in [0.25, 0.3) is 0 Å². The molecule has 7 heteroatoms. The predicted octanol–water partition coefficient (Wildman–Crippen LogP) is 2.30. The molecule has 1 heterocycles. The molecule has 1 aliphatic rings. The van der Waals surface area contributed by atoms with Crippen molar-refractivity contribution in [1.82, 2.24) is 0 Å². The highest BCUT2D eigenvalue weighted by atomic mass is 32.3. The van der Waals surface area contributed by atoms with Crippen molar-refractivity contribution in [2.45, 2.75) is 27.4 Å². The van der Waals surface area contributed by atoms with Crippen LogP contribution >= 0.6 is 0 Å². The van der Waals surface area contributed by atoms with Gasteiger partial charge in [0.1, 0.15) is 0 Å². The van der Waals surface area contributed by atoms with E-state index in [2.05, 4.69) is 0 Å². The molecule has 0 aliphatic carbocycles. The molecule has 2 aromatic carbocycles. The summed E-state index contributed by atoms with van der Waals surface area (Å²) in [5, 5.41) is 0. The molecule has 3 rings (SSSR count).